The van der Waals surface area contributed by atoms with E-state index in [4.69, 9.17) is 0 Å². The van der Waals surface area contributed by atoms with Gasteiger partial charge in [0.05, 0.1) is 17.8 Å². The summed E-state index contributed by atoms with van der Waals surface area (Å²) in [4.78, 5) is 16.4. The summed E-state index contributed by atoms with van der Waals surface area (Å²) in [6.07, 6.45) is 7.18. The molecule has 1 saturated heterocycles. The number of nitrogens with zero attached hydrogens (tertiary/aromatic N) is 3. The fourth-order valence-corrected chi connectivity index (χ4v) is 2.32. The van der Waals surface area contributed by atoms with Gasteiger partial charge < -0.3 is 10.6 Å². The lowest BCUT2D eigenvalue weighted by Crippen LogP contribution is -2.37. The molecule has 0 radical (unpaired) electrons. The molecule has 120 valence electrons. The molecule has 3 rings (SSSR count). The monoisotopic (exact) mass is 343 g/mol. The van der Waals surface area contributed by atoms with Gasteiger partial charge in [0.25, 0.3) is 0 Å². The van der Waals surface area contributed by atoms with Gasteiger partial charge in [-0.3, -0.25) is 4.79 Å². The van der Waals surface area contributed by atoms with Crippen molar-refractivity contribution in [1.82, 2.24) is 20.1 Å². The van der Waals surface area contributed by atoms with Crippen LogP contribution >= 0.6 is 24.8 Å². The van der Waals surface area contributed by atoms with Crippen molar-refractivity contribution in [3.8, 4) is 5.82 Å². The van der Waals surface area contributed by atoms with Crippen LogP contribution in [0.4, 0.5) is 5.69 Å². The molecule has 1 fully saturated rings. The minimum absolute atomic E-state index is 0. The van der Waals surface area contributed by atoms with Crippen LogP contribution < -0.4 is 10.6 Å². The minimum Gasteiger partial charge on any atom is -0.324 e. The van der Waals surface area contributed by atoms with Gasteiger partial charge in [0.2, 0.25) is 5.91 Å². The maximum Gasteiger partial charge on any atom is 0.228 e. The summed E-state index contributed by atoms with van der Waals surface area (Å²) < 4.78 is 1.68. The Hall–Kier alpha value is -1.63. The molecule has 2 aromatic heterocycles. The highest BCUT2D eigenvalue weighted by Crippen LogP contribution is 2.14. The van der Waals surface area contributed by atoms with Crippen molar-refractivity contribution in [2.45, 2.75) is 12.8 Å². The first-order chi connectivity index (χ1) is 9.83. The van der Waals surface area contributed by atoms with E-state index in [2.05, 4.69) is 20.7 Å². The second-order valence-corrected chi connectivity index (χ2v) is 4.89. The van der Waals surface area contributed by atoms with Gasteiger partial charge >= 0.3 is 0 Å². The van der Waals surface area contributed by atoms with Crippen LogP contribution in [0.2, 0.25) is 0 Å². The van der Waals surface area contributed by atoms with Gasteiger partial charge in [0.15, 0.2) is 5.82 Å². The summed E-state index contributed by atoms with van der Waals surface area (Å²) in [5.74, 6) is 0.840. The second-order valence-electron chi connectivity index (χ2n) is 4.89. The molecular weight excluding hydrogens is 325 g/mol. The smallest absolute Gasteiger partial charge is 0.228 e. The Kier molecular flexibility index (Phi) is 7.31. The van der Waals surface area contributed by atoms with Crippen LogP contribution in [-0.2, 0) is 4.79 Å². The lowest BCUT2D eigenvalue weighted by atomic mass is 9.99. The van der Waals surface area contributed by atoms with Crippen molar-refractivity contribution < 1.29 is 4.79 Å². The van der Waals surface area contributed by atoms with Crippen LogP contribution in [0.1, 0.15) is 12.8 Å². The second kappa shape index (κ2) is 8.73. The van der Waals surface area contributed by atoms with E-state index in [1.165, 1.54) is 0 Å². The molecule has 2 N–H and O–H groups in total. The largest absolute Gasteiger partial charge is 0.324 e. The third kappa shape index (κ3) is 4.43. The molecule has 1 aliphatic rings. The molecule has 2 aromatic rings. The summed E-state index contributed by atoms with van der Waals surface area (Å²) in [5.41, 5.74) is 0.719. The summed E-state index contributed by atoms with van der Waals surface area (Å²) in [7, 11) is 0. The molecule has 8 heteroatoms. The molecule has 0 aliphatic carbocycles. The fraction of sp³-hybridized carbons (Fsp3) is 0.357. The molecule has 1 aliphatic heterocycles. The lowest BCUT2D eigenvalue weighted by molar-refractivity contribution is -0.120. The van der Waals surface area contributed by atoms with E-state index in [0.717, 1.165) is 37.4 Å². The molecule has 0 bridgehead atoms. The average molecular weight is 344 g/mol. The normalized spacial score (nSPS) is 17.0. The standard InChI is InChI=1S/C14H17N5O.2ClH/c20-14(11-3-1-6-15-9-11)18-12-4-5-13(16-10-12)19-8-2-7-17-19;;/h2,4-5,7-8,10-11,15H,1,3,6,9H2,(H,18,20);2*1H/t11-;;/m1../s1. The van der Waals surface area contributed by atoms with Crippen LogP contribution in [0.15, 0.2) is 36.8 Å². The highest BCUT2D eigenvalue weighted by Gasteiger charge is 2.20. The summed E-state index contributed by atoms with van der Waals surface area (Å²) in [5, 5.41) is 10.3. The van der Waals surface area contributed by atoms with E-state index >= 15 is 0 Å². The highest BCUT2D eigenvalue weighted by molar-refractivity contribution is 5.92. The van der Waals surface area contributed by atoms with E-state index in [1.807, 2.05) is 24.4 Å². The first-order valence-electron chi connectivity index (χ1n) is 6.80. The fourth-order valence-electron chi connectivity index (χ4n) is 2.32. The third-order valence-corrected chi connectivity index (χ3v) is 3.42. The average Bonchev–Trinajstić information content (AvgIpc) is 3.03. The van der Waals surface area contributed by atoms with E-state index in [1.54, 1.807) is 17.1 Å². The zero-order chi connectivity index (χ0) is 13.8. The van der Waals surface area contributed by atoms with Crippen molar-refractivity contribution in [1.29, 1.82) is 0 Å². The van der Waals surface area contributed by atoms with Crippen molar-refractivity contribution >= 4 is 36.4 Å². The molecular formula is C14H19Cl2N5O. The predicted octanol–water partition coefficient (Wildman–Crippen LogP) is 2.05. The van der Waals surface area contributed by atoms with Gasteiger partial charge in [-0.05, 0) is 37.6 Å². The maximum atomic E-state index is 12.1. The van der Waals surface area contributed by atoms with Crippen molar-refractivity contribution in [3.63, 3.8) is 0 Å². The van der Waals surface area contributed by atoms with Gasteiger partial charge in [-0.15, -0.1) is 24.8 Å². The quantitative estimate of drug-likeness (QED) is 0.894. The molecule has 1 amide bonds. The number of rotatable bonds is 3. The number of pyridine rings is 1. The molecule has 3 heterocycles. The van der Waals surface area contributed by atoms with Crippen molar-refractivity contribution in [2.24, 2.45) is 5.92 Å². The first-order valence-corrected chi connectivity index (χ1v) is 6.80. The van der Waals surface area contributed by atoms with Crippen molar-refractivity contribution in [2.75, 3.05) is 18.4 Å². The molecule has 6 nitrogen and oxygen atoms in total. The minimum atomic E-state index is 0. The number of aromatic nitrogens is 3. The van der Waals surface area contributed by atoms with Gasteiger partial charge in [-0.1, -0.05) is 0 Å². The summed E-state index contributed by atoms with van der Waals surface area (Å²) in [6, 6.07) is 5.52. The topological polar surface area (TPSA) is 71.8 Å². The predicted molar refractivity (Wildman–Crippen MR) is 90.1 cm³/mol. The number of anilines is 1. The number of halogens is 2. The zero-order valence-electron chi connectivity index (χ0n) is 11.9. The Balaban J connectivity index is 0.00000121. The number of carbonyl (C=O) groups excluding carboxylic acids is 1. The number of piperidine rings is 1. The number of nitrogens with one attached hydrogen (secondary N) is 2. The number of hydrogen-bond donors (Lipinski definition) is 2. The van der Waals surface area contributed by atoms with Gasteiger partial charge in [-0.25, -0.2) is 9.67 Å². The Morgan fingerprint density at radius 3 is 2.82 bits per heavy atom. The van der Waals surface area contributed by atoms with E-state index in [9.17, 15) is 4.79 Å². The van der Waals surface area contributed by atoms with Crippen LogP contribution in [0.3, 0.4) is 0 Å². The van der Waals surface area contributed by atoms with Gasteiger partial charge in [0.1, 0.15) is 0 Å². The zero-order valence-corrected chi connectivity index (χ0v) is 13.6. The Morgan fingerprint density at radius 1 is 1.36 bits per heavy atom. The van der Waals surface area contributed by atoms with E-state index in [0.29, 0.717) is 0 Å². The van der Waals surface area contributed by atoms with Crippen molar-refractivity contribution in [3.05, 3.63) is 36.8 Å². The van der Waals surface area contributed by atoms with Crippen LogP contribution in [-0.4, -0.2) is 33.8 Å². The van der Waals surface area contributed by atoms with Gasteiger partial charge in [-0.2, -0.15) is 5.10 Å². The Labute approximate surface area is 141 Å². The summed E-state index contributed by atoms with van der Waals surface area (Å²) in [6.45, 7) is 1.76. The SMILES string of the molecule is Cl.Cl.O=C(Nc1ccc(-n2cccn2)nc1)[C@@H]1CCCNC1. The molecule has 1 atom stereocenters. The number of amides is 1. The van der Waals surface area contributed by atoms with Crippen LogP contribution in [0, 0.1) is 5.92 Å². The highest BCUT2D eigenvalue weighted by atomic mass is 35.5. The van der Waals surface area contributed by atoms with Crippen LogP contribution in [0.5, 0.6) is 0 Å². The molecule has 0 spiro atoms. The molecule has 22 heavy (non-hydrogen) atoms. The molecule has 0 unspecified atom stereocenters. The maximum absolute atomic E-state index is 12.1. The van der Waals surface area contributed by atoms with Crippen LogP contribution in [0.25, 0.3) is 5.82 Å². The van der Waals surface area contributed by atoms with E-state index in [-0.39, 0.29) is 36.6 Å². The third-order valence-electron chi connectivity index (χ3n) is 3.42. The summed E-state index contributed by atoms with van der Waals surface area (Å²) >= 11 is 0. The Bertz CT molecular complexity index is 567. The lowest BCUT2D eigenvalue weighted by Gasteiger charge is -2.21. The molecule has 0 aromatic carbocycles. The number of carbonyl (C=O) groups is 1. The number of hydrogen-bond acceptors (Lipinski definition) is 4. The molecule has 0 saturated carbocycles. The Morgan fingerprint density at radius 2 is 2.23 bits per heavy atom. The van der Waals surface area contributed by atoms with E-state index < -0.39 is 0 Å². The first kappa shape index (κ1) is 18.4. The van der Waals surface area contributed by atoms with Gasteiger partial charge in [0, 0.05) is 18.9 Å².